The Bertz CT molecular complexity index is 195. The van der Waals surface area contributed by atoms with Crippen LogP contribution in [0.5, 0.6) is 0 Å². The third-order valence-corrected chi connectivity index (χ3v) is 2.59. The Morgan fingerprint density at radius 3 is 1.04 bits per heavy atom. The summed E-state index contributed by atoms with van der Waals surface area (Å²) in [6.45, 7) is 23.0. The van der Waals surface area contributed by atoms with Gasteiger partial charge in [0, 0.05) is 5.92 Å². The molecule has 0 spiro atoms. The van der Waals surface area contributed by atoms with Crippen LogP contribution < -0.4 is 0 Å². The molecule has 23 heavy (non-hydrogen) atoms. The summed E-state index contributed by atoms with van der Waals surface area (Å²) in [4.78, 5) is 0. The van der Waals surface area contributed by atoms with E-state index >= 15 is 0 Å². The number of rotatable bonds is 5. The normalized spacial score (nSPS) is 11.4. The zero-order chi connectivity index (χ0) is 19.6. The average Bonchev–Trinajstić information content (AvgIpc) is 2.38. The maximum atomic E-state index is 12.0. The first-order chi connectivity index (χ1) is 10.3. The van der Waals surface area contributed by atoms with Gasteiger partial charge in [-0.1, -0.05) is 74.8 Å². The highest BCUT2D eigenvalue weighted by atomic mass is 19.3. The van der Waals surface area contributed by atoms with E-state index in [4.69, 9.17) is 0 Å². The summed E-state index contributed by atoms with van der Waals surface area (Å²) in [7, 11) is 0. The van der Waals surface area contributed by atoms with Crippen molar-refractivity contribution in [1.29, 1.82) is 0 Å². The first-order valence-electron chi connectivity index (χ1n) is 8.86. The van der Waals surface area contributed by atoms with Crippen LogP contribution in [-0.4, -0.2) is 12.6 Å². The molecule has 0 aliphatic heterocycles. The van der Waals surface area contributed by atoms with Gasteiger partial charge in [0.25, 0.3) is 0 Å². The molecule has 1 unspecified atom stereocenters. The summed E-state index contributed by atoms with van der Waals surface area (Å²) in [6, 6.07) is 0. The van der Waals surface area contributed by atoms with Crippen LogP contribution in [0.25, 0.3) is 0 Å². The first-order valence-corrected chi connectivity index (χ1v) is 8.86. The van der Waals surface area contributed by atoms with Gasteiger partial charge in [-0.25, -0.2) is 13.2 Å². The van der Waals surface area contributed by atoms with Gasteiger partial charge in [-0.15, -0.1) is 6.58 Å². The fourth-order valence-electron chi connectivity index (χ4n) is 0.650. The van der Waals surface area contributed by atoms with Gasteiger partial charge in [-0.3, -0.25) is 0 Å². The molecule has 0 radical (unpaired) electrons. The van der Waals surface area contributed by atoms with Crippen molar-refractivity contribution in [3.05, 3.63) is 12.7 Å². The maximum Gasteiger partial charge on any atom is 0.240 e. The van der Waals surface area contributed by atoms with Crippen molar-refractivity contribution in [3.63, 3.8) is 0 Å². The molecule has 0 bridgehead atoms. The van der Waals surface area contributed by atoms with Crippen molar-refractivity contribution in [2.45, 2.75) is 94.7 Å². The molecule has 0 aliphatic carbocycles. The van der Waals surface area contributed by atoms with Crippen molar-refractivity contribution in [2.75, 3.05) is 0 Å². The van der Waals surface area contributed by atoms with Gasteiger partial charge < -0.3 is 0 Å². The molecule has 3 heteroatoms. The van der Waals surface area contributed by atoms with E-state index < -0.39 is 18.5 Å². The summed E-state index contributed by atoms with van der Waals surface area (Å²) in [5.41, 5.74) is 0. The van der Waals surface area contributed by atoms with E-state index in [9.17, 15) is 13.2 Å². The summed E-state index contributed by atoms with van der Waals surface area (Å²) >= 11 is 0. The van der Waals surface area contributed by atoms with Gasteiger partial charge in [-0.2, -0.15) is 0 Å². The maximum absolute atomic E-state index is 12.0. The number of allylic oxidation sites excluding steroid dienone is 1. The quantitative estimate of drug-likeness (QED) is 0.443. The van der Waals surface area contributed by atoms with Crippen molar-refractivity contribution in [3.8, 4) is 0 Å². The molecule has 0 fully saturated rings. The zero-order valence-electron chi connectivity index (χ0n) is 17.3. The van der Waals surface area contributed by atoms with E-state index in [2.05, 4.69) is 41.2 Å². The minimum absolute atomic E-state index is 0.481. The molecule has 0 rings (SSSR count). The largest absolute Gasteiger partial charge is 0.248 e. The lowest BCUT2D eigenvalue weighted by molar-refractivity contribution is 0.0955. The molecule has 0 heterocycles. The molecule has 0 N–H and O–H groups in total. The van der Waals surface area contributed by atoms with Crippen LogP contribution in [0, 0.1) is 23.7 Å². The zero-order valence-corrected chi connectivity index (χ0v) is 17.3. The lowest BCUT2D eigenvalue weighted by atomic mass is 10.1. The van der Waals surface area contributed by atoms with Crippen LogP contribution in [0.4, 0.5) is 13.2 Å². The second-order valence-electron chi connectivity index (χ2n) is 7.27. The third-order valence-electron chi connectivity index (χ3n) is 2.59. The predicted octanol–water partition coefficient (Wildman–Crippen LogP) is 8.18. The summed E-state index contributed by atoms with van der Waals surface area (Å²) in [5, 5.41) is 0. The molecule has 0 aromatic heterocycles. The lowest BCUT2D eigenvalue weighted by Gasteiger charge is -2.02. The predicted molar refractivity (Wildman–Crippen MR) is 101 cm³/mol. The summed E-state index contributed by atoms with van der Waals surface area (Å²) in [5.74, 6) is 1.55. The Balaban J connectivity index is -0.000000106. The highest BCUT2D eigenvalue weighted by molar-refractivity contribution is 4.69. The van der Waals surface area contributed by atoms with E-state index in [0.717, 1.165) is 5.92 Å². The molecule has 1 atom stereocenters. The van der Waals surface area contributed by atoms with Gasteiger partial charge in [0.05, 0.1) is 6.17 Å². The molecule has 144 valence electrons. The topological polar surface area (TPSA) is 0 Å². The Morgan fingerprint density at radius 1 is 0.783 bits per heavy atom. The standard InChI is InChI=1S/C6H13F.C5H12.C5H10.C4H8F2/c1-5(2)4-6(3)7;2*1-4-5(2)3;1-3(2)4(5)6/h5-6H,4H2,1-3H3;5H,4H2,1-3H3;4-5H,1H2,2-3H3;3-4H,1-2H3. The molecule has 0 saturated heterocycles. The molecule has 0 nitrogen and oxygen atoms in total. The second-order valence-corrected chi connectivity index (χ2v) is 7.27. The molecule has 0 aromatic carbocycles. The van der Waals surface area contributed by atoms with Crippen molar-refractivity contribution in [1.82, 2.24) is 0 Å². The van der Waals surface area contributed by atoms with Gasteiger partial charge in [0.15, 0.2) is 0 Å². The van der Waals surface area contributed by atoms with E-state index in [1.54, 1.807) is 6.92 Å². The molecular weight excluding hydrogens is 297 g/mol. The molecule has 0 amide bonds. The van der Waals surface area contributed by atoms with E-state index in [1.807, 2.05) is 19.9 Å². The Kier molecular flexibility index (Phi) is 28.5. The second kappa shape index (κ2) is 21.5. The van der Waals surface area contributed by atoms with E-state index in [1.165, 1.54) is 20.3 Å². The van der Waals surface area contributed by atoms with Gasteiger partial charge in [0.1, 0.15) is 0 Å². The molecule has 0 aliphatic rings. The third kappa shape index (κ3) is 61.8. The number of hydrogen-bond donors (Lipinski definition) is 0. The monoisotopic (exact) mass is 340 g/mol. The van der Waals surface area contributed by atoms with Crippen LogP contribution in [0.2, 0.25) is 0 Å². The Morgan fingerprint density at radius 2 is 1.04 bits per heavy atom. The minimum atomic E-state index is -2.15. The molecule has 0 aromatic rings. The van der Waals surface area contributed by atoms with Gasteiger partial charge in [-0.05, 0) is 31.1 Å². The van der Waals surface area contributed by atoms with Crippen molar-refractivity contribution >= 4 is 0 Å². The fraction of sp³-hybridized carbons (Fsp3) is 0.900. The highest BCUT2D eigenvalue weighted by Gasteiger charge is 2.05. The van der Waals surface area contributed by atoms with Gasteiger partial charge in [0.2, 0.25) is 6.43 Å². The average molecular weight is 341 g/mol. The van der Waals surface area contributed by atoms with E-state index in [-0.39, 0.29) is 0 Å². The highest BCUT2D eigenvalue weighted by Crippen LogP contribution is 2.05. The van der Waals surface area contributed by atoms with Crippen LogP contribution in [0.3, 0.4) is 0 Å². The Labute approximate surface area is 144 Å². The molecular formula is C20H43F3. The summed E-state index contributed by atoms with van der Waals surface area (Å²) < 4.78 is 34.3. The minimum Gasteiger partial charge on any atom is -0.248 e. The lowest BCUT2D eigenvalue weighted by Crippen LogP contribution is -1.99. The smallest absolute Gasteiger partial charge is 0.240 e. The van der Waals surface area contributed by atoms with E-state index in [0.29, 0.717) is 18.3 Å². The first kappa shape index (κ1) is 30.4. The van der Waals surface area contributed by atoms with Crippen LogP contribution in [0.1, 0.15) is 82.1 Å². The SMILES string of the molecule is C=CC(C)C.CC(C)C(F)F.CC(C)CC(C)F.CCC(C)C. The fourth-order valence-corrected chi connectivity index (χ4v) is 0.650. The summed E-state index contributed by atoms with van der Waals surface area (Å²) in [6.07, 6.45) is 1.14. The van der Waals surface area contributed by atoms with Crippen LogP contribution in [-0.2, 0) is 0 Å². The van der Waals surface area contributed by atoms with Crippen molar-refractivity contribution in [2.24, 2.45) is 23.7 Å². The van der Waals surface area contributed by atoms with Crippen LogP contribution >= 0.6 is 0 Å². The number of halogens is 3. The van der Waals surface area contributed by atoms with Crippen LogP contribution in [0.15, 0.2) is 12.7 Å². The molecule has 0 saturated carbocycles. The van der Waals surface area contributed by atoms with Gasteiger partial charge >= 0.3 is 0 Å². The number of alkyl halides is 3. The van der Waals surface area contributed by atoms with Crippen molar-refractivity contribution < 1.29 is 13.2 Å². The number of hydrogen-bond acceptors (Lipinski definition) is 0. The Hall–Kier alpha value is -0.470.